The van der Waals surface area contributed by atoms with Crippen LogP contribution in [0.1, 0.15) is 59.7 Å². The molecule has 0 amide bonds. The molecule has 1 saturated carbocycles. The van der Waals surface area contributed by atoms with Crippen LogP contribution in [0.2, 0.25) is 0 Å². The van der Waals surface area contributed by atoms with Gasteiger partial charge in [-0.3, -0.25) is 5.10 Å². The Morgan fingerprint density at radius 1 is 1.15 bits per heavy atom. The van der Waals surface area contributed by atoms with Gasteiger partial charge in [-0.2, -0.15) is 5.10 Å². The molecule has 1 aliphatic rings. The maximum absolute atomic E-state index is 4.68. The van der Waals surface area contributed by atoms with E-state index in [1.807, 2.05) is 32.2 Å². The van der Waals surface area contributed by atoms with Crippen molar-refractivity contribution >= 4 is 39.1 Å². The van der Waals surface area contributed by atoms with Crippen LogP contribution in [0, 0.1) is 12.8 Å². The van der Waals surface area contributed by atoms with Crippen molar-refractivity contribution in [2.75, 3.05) is 0 Å². The molecule has 4 aromatic heterocycles. The van der Waals surface area contributed by atoms with Crippen LogP contribution >= 0.6 is 11.3 Å². The maximum Gasteiger partial charge on any atom is 0.181 e. The first kappa shape index (κ1) is 28.1. The Kier molecular flexibility index (Phi) is 8.22. The molecule has 0 unspecified atom stereocenters. The average Bonchev–Trinajstić information content (AvgIpc) is 3.66. The van der Waals surface area contributed by atoms with Crippen molar-refractivity contribution in [3.05, 3.63) is 125 Å². The minimum atomic E-state index is 0.544. The van der Waals surface area contributed by atoms with E-state index in [-0.39, 0.29) is 0 Å². The summed E-state index contributed by atoms with van der Waals surface area (Å²) in [6.07, 6.45) is 15.5. The number of aromatic nitrogens is 4. The lowest BCUT2D eigenvalue weighted by Gasteiger charge is -2.28. The van der Waals surface area contributed by atoms with Crippen molar-refractivity contribution in [2.24, 2.45) is 5.92 Å². The molecule has 0 saturated heterocycles. The van der Waals surface area contributed by atoms with E-state index in [4.69, 9.17) is 0 Å². The van der Waals surface area contributed by atoms with Gasteiger partial charge in [0.1, 0.15) is 0 Å². The molecule has 0 aromatic carbocycles. The highest BCUT2D eigenvalue weighted by molar-refractivity contribution is 7.14. The smallest absolute Gasteiger partial charge is 0.181 e. The standard InChI is InChI=1S/C35H37N5S/c1-8-12-28(33-16-15-32(41-33)21(4)5)29-19-31(38-23(29)7)34-30-18-26(20-36-35(30)40-39-34)24(9-2)17-27(10-3)37-22(6)25-13-11-14-25/h8-10,12,15-20,25,37-38H,1,3-4,6,11,13-14H2,2,5,7H3,(H,36,39,40)/b24-9+,27-17+,28-12+. The van der Waals surface area contributed by atoms with Gasteiger partial charge in [0.15, 0.2) is 5.65 Å². The molecule has 5 nitrogen and oxygen atoms in total. The van der Waals surface area contributed by atoms with Crippen LogP contribution in [-0.2, 0) is 0 Å². The van der Waals surface area contributed by atoms with Gasteiger partial charge in [0.2, 0.25) is 0 Å². The minimum absolute atomic E-state index is 0.544. The SMILES string of the molecule is C=C/C=C(/c1ccc(C(=C)C)s1)c1cc(-c2[nH]nc3ncc(C(/C=C(\C=C)NC(=C)C4CCC4)=C/C)cc23)[nH]c1C. The van der Waals surface area contributed by atoms with Crippen molar-refractivity contribution in [2.45, 2.75) is 40.0 Å². The fourth-order valence-corrected chi connectivity index (χ4v) is 6.03. The van der Waals surface area contributed by atoms with Gasteiger partial charge in [-0.1, -0.05) is 51.0 Å². The van der Waals surface area contributed by atoms with Crippen LogP contribution in [0.15, 0.2) is 98.6 Å². The summed E-state index contributed by atoms with van der Waals surface area (Å²) in [4.78, 5) is 10.6. The number of nitrogens with one attached hydrogen (secondary N) is 3. The highest BCUT2D eigenvalue weighted by Gasteiger charge is 2.21. The van der Waals surface area contributed by atoms with E-state index in [2.05, 4.69) is 101 Å². The molecule has 4 heterocycles. The van der Waals surface area contributed by atoms with E-state index >= 15 is 0 Å². The Labute approximate surface area is 246 Å². The number of fused-ring (bicyclic) bond motifs is 1. The summed E-state index contributed by atoms with van der Waals surface area (Å²) in [7, 11) is 0. The van der Waals surface area contributed by atoms with Crippen LogP contribution in [0.5, 0.6) is 0 Å². The number of aromatic amines is 2. The van der Waals surface area contributed by atoms with Gasteiger partial charge in [-0.05, 0) is 87.1 Å². The van der Waals surface area contributed by atoms with Crippen LogP contribution in [0.3, 0.4) is 0 Å². The molecule has 4 aromatic rings. The van der Waals surface area contributed by atoms with E-state index in [0.29, 0.717) is 11.6 Å². The van der Waals surface area contributed by atoms with Crippen molar-refractivity contribution in [3.63, 3.8) is 0 Å². The van der Waals surface area contributed by atoms with E-state index in [0.717, 1.165) is 61.7 Å². The maximum atomic E-state index is 4.68. The minimum Gasteiger partial charge on any atom is -0.359 e. The lowest BCUT2D eigenvalue weighted by Crippen LogP contribution is -2.23. The number of rotatable bonds is 11. The molecule has 41 heavy (non-hydrogen) atoms. The molecule has 1 fully saturated rings. The molecule has 0 aliphatic heterocycles. The Bertz CT molecular complexity index is 1750. The zero-order valence-electron chi connectivity index (χ0n) is 24.1. The quantitative estimate of drug-likeness (QED) is 0.160. The van der Waals surface area contributed by atoms with Gasteiger partial charge in [0.05, 0.1) is 11.4 Å². The van der Waals surface area contributed by atoms with Crippen molar-refractivity contribution in [1.82, 2.24) is 25.5 Å². The summed E-state index contributed by atoms with van der Waals surface area (Å²) in [6.45, 7) is 22.5. The van der Waals surface area contributed by atoms with Gasteiger partial charge in [-0.15, -0.1) is 11.3 Å². The van der Waals surface area contributed by atoms with E-state index in [1.165, 1.54) is 29.0 Å². The lowest BCUT2D eigenvalue weighted by molar-refractivity contribution is 0.356. The van der Waals surface area contributed by atoms with Crippen LogP contribution < -0.4 is 5.32 Å². The molecule has 0 spiro atoms. The molecule has 1 aliphatic carbocycles. The van der Waals surface area contributed by atoms with Gasteiger partial charge >= 0.3 is 0 Å². The fraction of sp³-hybridized carbons (Fsp3) is 0.200. The van der Waals surface area contributed by atoms with Crippen molar-refractivity contribution in [1.29, 1.82) is 0 Å². The Morgan fingerprint density at radius 3 is 2.56 bits per heavy atom. The summed E-state index contributed by atoms with van der Waals surface area (Å²) < 4.78 is 0. The third-order valence-corrected chi connectivity index (χ3v) is 8.92. The Morgan fingerprint density at radius 2 is 1.93 bits per heavy atom. The first-order chi connectivity index (χ1) is 19.8. The average molecular weight is 560 g/mol. The van der Waals surface area contributed by atoms with Gasteiger partial charge in [0, 0.05) is 55.1 Å². The van der Waals surface area contributed by atoms with Crippen LogP contribution in [0.25, 0.3) is 39.1 Å². The van der Waals surface area contributed by atoms with E-state index in [9.17, 15) is 0 Å². The third-order valence-electron chi connectivity index (χ3n) is 7.64. The van der Waals surface area contributed by atoms with Crippen LogP contribution in [0.4, 0.5) is 0 Å². The molecule has 208 valence electrons. The number of hydrogen-bond donors (Lipinski definition) is 3. The van der Waals surface area contributed by atoms with Gasteiger partial charge in [0.25, 0.3) is 0 Å². The number of thiophene rings is 1. The number of nitrogens with zero attached hydrogens (tertiary/aromatic N) is 2. The topological polar surface area (TPSA) is 69.4 Å². The van der Waals surface area contributed by atoms with E-state index < -0.39 is 0 Å². The number of H-pyrrole nitrogens is 2. The van der Waals surface area contributed by atoms with Gasteiger partial charge in [-0.25, -0.2) is 4.98 Å². The summed E-state index contributed by atoms with van der Waals surface area (Å²) in [5, 5.41) is 12.1. The number of aryl methyl sites for hydroxylation is 1. The summed E-state index contributed by atoms with van der Waals surface area (Å²) in [5.41, 5.74) is 10.9. The molecule has 0 atom stereocenters. The van der Waals surface area contributed by atoms with Crippen molar-refractivity contribution < 1.29 is 0 Å². The Balaban J connectivity index is 1.49. The molecule has 0 radical (unpaired) electrons. The second kappa shape index (κ2) is 12.0. The number of pyridine rings is 1. The summed E-state index contributed by atoms with van der Waals surface area (Å²) >= 11 is 1.74. The first-order valence-electron chi connectivity index (χ1n) is 13.9. The first-order valence-corrected chi connectivity index (χ1v) is 14.7. The molecule has 6 heteroatoms. The molecule has 3 N–H and O–H groups in total. The highest BCUT2D eigenvalue weighted by Crippen LogP contribution is 2.37. The summed E-state index contributed by atoms with van der Waals surface area (Å²) in [5.74, 6) is 0.544. The van der Waals surface area contributed by atoms with Crippen molar-refractivity contribution in [3.8, 4) is 11.4 Å². The largest absolute Gasteiger partial charge is 0.359 e. The monoisotopic (exact) mass is 559 g/mol. The second-order valence-electron chi connectivity index (χ2n) is 10.5. The predicted octanol–water partition coefficient (Wildman–Crippen LogP) is 9.35. The molecule has 5 rings (SSSR count). The van der Waals surface area contributed by atoms with Gasteiger partial charge < -0.3 is 10.3 Å². The fourth-order valence-electron chi connectivity index (χ4n) is 5.06. The normalized spacial score (nSPS) is 14.7. The zero-order valence-corrected chi connectivity index (χ0v) is 24.9. The number of hydrogen-bond acceptors (Lipinski definition) is 4. The predicted molar refractivity (Wildman–Crippen MR) is 176 cm³/mol. The number of allylic oxidation sites excluding steroid dienone is 8. The second-order valence-corrected chi connectivity index (χ2v) is 11.6. The molecular weight excluding hydrogens is 522 g/mol. The lowest BCUT2D eigenvalue weighted by atomic mass is 9.83. The molecule has 0 bridgehead atoms. The summed E-state index contributed by atoms with van der Waals surface area (Å²) in [6, 6.07) is 8.59. The van der Waals surface area contributed by atoms with E-state index in [1.54, 1.807) is 11.3 Å². The third kappa shape index (κ3) is 5.74. The van der Waals surface area contributed by atoms with Crippen LogP contribution in [-0.4, -0.2) is 20.2 Å². The highest BCUT2D eigenvalue weighted by atomic mass is 32.1. The molecular formula is C35H37N5S. The Hall–Kier alpha value is -4.42. The zero-order chi connectivity index (χ0) is 29.1.